The van der Waals surface area contributed by atoms with Gasteiger partial charge in [0, 0.05) is 24.2 Å². The summed E-state index contributed by atoms with van der Waals surface area (Å²) < 4.78 is 1.65. The fraction of sp³-hybridized carbons (Fsp3) is 0.211. The van der Waals surface area contributed by atoms with Crippen molar-refractivity contribution in [3.8, 4) is 5.69 Å². The van der Waals surface area contributed by atoms with Crippen LogP contribution in [0, 0.1) is 17.0 Å². The number of carbonyl (C=O) groups is 1. The number of hydrogen-bond acceptors (Lipinski definition) is 5. The quantitative estimate of drug-likeness (QED) is 0.511. The SMILES string of the molecule is Cc1ccc(C(=O)N(C)[C@H](C)c2ccc(-n3cncn3)cc2)cc1[N+](=O)[O-]. The smallest absolute Gasteiger partial charge is 0.273 e. The van der Waals surface area contributed by atoms with Gasteiger partial charge in [0.15, 0.2) is 0 Å². The molecule has 2 aromatic carbocycles. The Morgan fingerprint density at radius 3 is 2.52 bits per heavy atom. The number of amides is 1. The standard InChI is InChI=1S/C19H19N5O3/c1-13-4-5-16(10-18(13)24(26)27)19(25)22(3)14(2)15-6-8-17(9-7-15)23-12-20-11-21-23/h4-12,14H,1-3H3/t14-/m1/s1. The van der Waals surface area contributed by atoms with E-state index < -0.39 is 4.92 Å². The minimum absolute atomic E-state index is 0.0564. The Morgan fingerprint density at radius 2 is 1.93 bits per heavy atom. The van der Waals surface area contributed by atoms with Crippen molar-refractivity contribution in [2.24, 2.45) is 0 Å². The van der Waals surface area contributed by atoms with Crippen molar-refractivity contribution in [2.45, 2.75) is 19.9 Å². The summed E-state index contributed by atoms with van der Waals surface area (Å²) in [6.45, 7) is 3.56. The lowest BCUT2D eigenvalue weighted by Gasteiger charge is -2.25. The normalized spacial score (nSPS) is 11.8. The van der Waals surface area contributed by atoms with E-state index in [2.05, 4.69) is 10.1 Å². The van der Waals surface area contributed by atoms with Gasteiger partial charge in [-0.3, -0.25) is 14.9 Å². The van der Waals surface area contributed by atoms with Gasteiger partial charge >= 0.3 is 0 Å². The summed E-state index contributed by atoms with van der Waals surface area (Å²) in [7, 11) is 1.68. The number of rotatable bonds is 5. The van der Waals surface area contributed by atoms with E-state index in [1.54, 1.807) is 42.0 Å². The molecule has 1 atom stereocenters. The van der Waals surface area contributed by atoms with Crippen LogP contribution in [-0.2, 0) is 0 Å². The van der Waals surface area contributed by atoms with Crippen LogP contribution >= 0.6 is 0 Å². The molecule has 0 saturated heterocycles. The molecule has 0 radical (unpaired) electrons. The van der Waals surface area contributed by atoms with Crippen LogP contribution in [-0.4, -0.2) is 37.5 Å². The number of nitro groups is 1. The minimum Gasteiger partial charge on any atom is -0.335 e. The molecule has 0 aliphatic heterocycles. The predicted octanol–water partition coefficient (Wildman–Crippen LogP) is 3.32. The van der Waals surface area contributed by atoms with Crippen LogP contribution < -0.4 is 0 Å². The Labute approximate surface area is 156 Å². The lowest BCUT2D eigenvalue weighted by atomic mass is 10.0. The largest absolute Gasteiger partial charge is 0.335 e. The number of aromatic nitrogens is 3. The molecule has 138 valence electrons. The first kappa shape index (κ1) is 18.2. The maximum Gasteiger partial charge on any atom is 0.273 e. The molecule has 0 fully saturated rings. The molecule has 0 N–H and O–H groups in total. The molecule has 0 spiro atoms. The molecule has 0 aliphatic rings. The van der Waals surface area contributed by atoms with E-state index in [0.717, 1.165) is 11.3 Å². The van der Waals surface area contributed by atoms with Crippen molar-refractivity contribution >= 4 is 11.6 Å². The number of nitrogens with zero attached hydrogens (tertiary/aromatic N) is 5. The van der Waals surface area contributed by atoms with Gasteiger partial charge in [0.1, 0.15) is 12.7 Å². The van der Waals surface area contributed by atoms with Gasteiger partial charge < -0.3 is 4.90 Å². The molecule has 3 aromatic rings. The second kappa shape index (κ2) is 7.36. The van der Waals surface area contributed by atoms with E-state index in [1.807, 2.05) is 31.2 Å². The summed E-state index contributed by atoms with van der Waals surface area (Å²) in [4.78, 5) is 28.9. The summed E-state index contributed by atoms with van der Waals surface area (Å²) in [5, 5.41) is 15.2. The van der Waals surface area contributed by atoms with Crippen LogP contribution in [0.3, 0.4) is 0 Å². The number of hydrogen-bond donors (Lipinski definition) is 0. The average molecular weight is 365 g/mol. The Bertz CT molecular complexity index is 968. The summed E-state index contributed by atoms with van der Waals surface area (Å²) in [5.41, 5.74) is 2.57. The number of carbonyl (C=O) groups excluding carboxylic acids is 1. The summed E-state index contributed by atoms with van der Waals surface area (Å²) >= 11 is 0. The molecule has 1 aromatic heterocycles. The highest BCUT2D eigenvalue weighted by molar-refractivity contribution is 5.95. The molecule has 0 saturated carbocycles. The first-order valence-corrected chi connectivity index (χ1v) is 8.35. The lowest BCUT2D eigenvalue weighted by molar-refractivity contribution is -0.385. The lowest BCUT2D eigenvalue weighted by Crippen LogP contribution is -2.29. The number of aryl methyl sites for hydroxylation is 1. The van der Waals surface area contributed by atoms with Crippen molar-refractivity contribution in [1.29, 1.82) is 0 Å². The maximum absolute atomic E-state index is 12.8. The molecule has 1 heterocycles. The number of benzene rings is 2. The number of nitro benzene ring substituents is 1. The van der Waals surface area contributed by atoms with Crippen LogP contribution in [0.4, 0.5) is 5.69 Å². The minimum atomic E-state index is -0.474. The van der Waals surface area contributed by atoms with Gasteiger partial charge in [-0.15, -0.1) is 0 Å². The van der Waals surface area contributed by atoms with Crippen molar-refractivity contribution in [3.05, 3.63) is 81.9 Å². The molecule has 0 bridgehead atoms. The monoisotopic (exact) mass is 365 g/mol. The summed E-state index contributed by atoms with van der Waals surface area (Å²) in [5.74, 6) is -0.272. The Kier molecular flexibility index (Phi) is 4.98. The highest BCUT2D eigenvalue weighted by Gasteiger charge is 2.21. The molecule has 8 heteroatoms. The van der Waals surface area contributed by atoms with E-state index in [1.165, 1.54) is 12.4 Å². The maximum atomic E-state index is 12.8. The van der Waals surface area contributed by atoms with E-state index in [-0.39, 0.29) is 17.6 Å². The Balaban J connectivity index is 1.80. The van der Waals surface area contributed by atoms with Gasteiger partial charge in [0.05, 0.1) is 16.7 Å². The molecular weight excluding hydrogens is 346 g/mol. The van der Waals surface area contributed by atoms with E-state index in [9.17, 15) is 14.9 Å². The van der Waals surface area contributed by atoms with E-state index in [0.29, 0.717) is 11.1 Å². The highest BCUT2D eigenvalue weighted by atomic mass is 16.6. The van der Waals surface area contributed by atoms with E-state index >= 15 is 0 Å². The van der Waals surface area contributed by atoms with Gasteiger partial charge in [0.2, 0.25) is 0 Å². The molecule has 8 nitrogen and oxygen atoms in total. The van der Waals surface area contributed by atoms with E-state index in [4.69, 9.17) is 0 Å². The highest BCUT2D eigenvalue weighted by Crippen LogP contribution is 2.24. The van der Waals surface area contributed by atoms with Crippen molar-refractivity contribution in [3.63, 3.8) is 0 Å². The molecule has 0 unspecified atom stereocenters. The molecule has 27 heavy (non-hydrogen) atoms. The average Bonchev–Trinajstić information content (AvgIpc) is 3.21. The summed E-state index contributed by atoms with van der Waals surface area (Å²) in [6.07, 6.45) is 3.07. The zero-order chi connectivity index (χ0) is 19.6. The van der Waals surface area contributed by atoms with Crippen LogP contribution in [0.2, 0.25) is 0 Å². The first-order chi connectivity index (χ1) is 12.9. The van der Waals surface area contributed by atoms with Gasteiger partial charge in [-0.05, 0) is 37.6 Å². The molecular formula is C19H19N5O3. The van der Waals surface area contributed by atoms with Crippen molar-refractivity contribution in [1.82, 2.24) is 19.7 Å². The van der Waals surface area contributed by atoms with Gasteiger partial charge in [-0.25, -0.2) is 9.67 Å². The van der Waals surface area contributed by atoms with Crippen LogP contribution in [0.25, 0.3) is 5.69 Å². The third kappa shape index (κ3) is 3.69. The third-order valence-corrected chi connectivity index (χ3v) is 4.61. The second-order valence-electron chi connectivity index (χ2n) is 6.28. The molecule has 1 amide bonds. The third-order valence-electron chi connectivity index (χ3n) is 4.61. The summed E-state index contributed by atoms with van der Waals surface area (Å²) in [6, 6.07) is 12.0. The topological polar surface area (TPSA) is 94.2 Å². The van der Waals surface area contributed by atoms with Gasteiger partial charge in [-0.1, -0.05) is 18.2 Å². The van der Waals surface area contributed by atoms with Crippen LogP contribution in [0.1, 0.15) is 34.5 Å². The second-order valence-corrected chi connectivity index (χ2v) is 6.28. The fourth-order valence-electron chi connectivity index (χ4n) is 2.79. The van der Waals surface area contributed by atoms with Crippen LogP contribution in [0.15, 0.2) is 55.1 Å². The molecule has 0 aliphatic carbocycles. The first-order valence-electron chi connectivity index (χ1n) is 8.35. The van der Waals surface area contributed by atoms with Crippen LogP contribution in [0.5, 0.6) is 0 Å². The zero-order valence-corrected chi connectivity index (χ0v) is 15.2. The zero-order valence-electron chi connectivity index (χ0n) is 15.2. The fourth-order valence-corrected chi connectivity index (χ4v) is 2.79. The van der Waals surface area contributed by atoms with Gasteiger partial charge in [-0.2, -0.15) is 5.10 Å². The Hall–Kier alpha value is -3.55. The predicted molar refractivity (Wildman–Crippen MR) is 99.7 cm³/mol. The molecule has 3 rings (SSSR count). The van der Waals surface area contributed by atoms with Crippen molar-refractivity contribution in [2.75, 3.05) is 7.05 Å². The Morgan fingerprint density at radius 1 is 1.22 bits per heavy atom. The van der Waals surface area contributed by atoms with Crippen molar-refractivity contribution < 1.29 is 9.72 Å². The van der Waals surface area contributed by atoms with Gasteiger partial charge in [0.25, 0.3) is 11.6 Å².